The lowest BCUT2D eigenvalue weighted by Gasteiger charge is -2.16. The van der Waals surface area contributed by atoms with E-state index in [1.54, 1.807) is 12.4 Å². The van der Waals surface area contributed by atoms with Gasteiger partial charge in [0.2, 0.25) is 0 Å². The maximum atomic E-state index is 9.56. The van der Waals surface area contributed by atoms with Gasteiger partial charge in [0.25, 0.3) is 0 Å². The van der Waals surface area contributed by atoms with Crippen molar-refractivity contribution in [2.45, 2.75) is 39.3 Å². The lowest BCUT2D eigenvalue weighted by molar-refractivity contribution is 0.0882. The van der Waals surface area contributed by atoms with Crippen LogP contribution in [0.15, 0.2) is 55.0 Å². The first-order chi connectivity index (χ1) is 15.7. The number of fused-ring (bicyclic) bond motifs is 1. The minimum Gasteiger partial charge on any atom is -0.423 e. The molecule has 33 heavy (non-hydrogen) atoms. The van der Waals surface area contributed by atoms with Crippen molar-refractivity contribution in [3.63, 3.8) is 0 Å². The van der Waals surface area contributed by atoms with Crippen LogP contribution in [0.3, 0.4) is 0 Å². The van der Waals surface area contributed by atoms with E-state index in [0.717, 1.165) is 45.3 Å². The highest BCUT2D eigenvalue weighted by Crippen LogP contribution is 2.32. The highest BCUT2D eigenvalue weighted by molar-refractivity contribution is 6.76. The predicted octanol–water partition coefficient (Wildman–Crippen LogP) is 3.46. The van der Waals surface area contributed by atoms with Crippen LogP contribution in [-0.2, 0) is 11.5 Å². The summed E-state index contributed by atoms with van der Waals surface area (Å²) in [5.74, 6) is 0. The molecular weight excluding hydrogens is 431 g/mol. The first kappa shape index (κ1) is 23.3. The number of nitrogens with zero attached hydrogens (tertiary/aromatic N) is 4. The molecule has 0 saturated carbocycles. The molecule has 3 heterocycles. The van der Waals surface area contributed by atoms with Crippen molar-refractivity contribution in [2.75, 3.05) is 6.61 Å². The molecular formula is C24H29BN4O3Si. The van der Waals surface area contributed by atoms with Gasteiger partial charge < -0.3 is 19.4 Å². The Hall–Kier alpha value is -2.85. The van der Waals surface area contributed by atoms with Crippen molar-refractivity contribution in [3.05, 3.63) is 60.7 Å². The van der Waals surface area contributed by atoms with Gasteiger partial charge in [-0.05, 0) is 37.2 Å². The van der Waals surface area contributed by atoms with Crippen LogP contribution in [0.25, 0.3) is 33.5 Å². The van der Waals surface area contributed by atoms with E-state index in [-0.39, 0.29) is 0 Å². The smallest absolute Gasteiger partial charge is 0.423 e. The summed E-state index contributed by atoms with van der Waals surface area (Å²) in [6.07, 6.45) is 3.27. The number of hydrogen-bond donors (Lipinski definition) is 2. The Morgan fingerprint density at radius 3 is 2.61 bits per heavy atom. The summed E-state index contributed by atoms with van der Waals surface area (Å²) in [5.41, 5.74) is 5.45. The highest BCUT2D eigenvalue weighted by atomic mass is 28.3. The van der Waals surface area contributed by atoms with Crippen LogP contribution >= 0.6 is 0 Å². The molecule has 2 N–H and O–H groups in total. The minimum absolute atomic E-state index is 0.350. The zero-order valence-corrected chi connectivity index (χ0v) is 20.5. The van der Waals surface area contributed by atoms with E-state index in [1.807, 2.05) is 47.9 Å². The van der Waals surface area contributed by atoms with Crippen LogP contribution in [0.2, 0.25) is 25.7 Å². The summed E-state index contributed by atoms with van der Waals surface area (Å²) in [5, 5.41) is 19.9. The van der Waals surface area contributed by atoms with Gasteiger partial charge in [-0.2, -0.15) is 0 Å². The molecule has 0 atom stereocenters. The highest BCUT2D eigenvalue weighted by Gasteiger charge is 2.19. The molecule has 0 aliphatic rings. The monoisotopic (exact) mass is 460 g/mol. The van der Waals surface area contributed by atoms with Gasteiger partial charge in [0.05, 0.1) is 23.2 Å². The number of pyridine rings is 2. The van der Waals surface area contributed by atoms with Gasteiger partial charge in [-0.1, -0.05) is 37.8 Å². The molecule has 3 aromatic heterocycles. The Morgan fingerprint density at radius 1 is 1.06 bits per heavy atom. The molecule has 0 aliphatic carbocycles. The Kier molecular flexibility index (Phi) is 6.76. The molecule has 0 spiro atoms. The fourth-order valence-corrected chi connectivity index (χ4v) is 4.38. The number of hydrogen-bond acceptors (Lipinski definition) is 6. The molecule has 4 rings (SSSR count). The van der Waals surface area contributed by atoms with E-state index in [2.05, 4.69) is 29.6 Å². The zero-order valence-electron chi connectivity index (χ0n) is 19.5. The summed E-state index contributed by atoms with van der Waals surface area (Å²) in [6, 6.07) is 14.6. The van der Waals surface area contributed by atoms with Crippen molar-refractivity contribution in [2.24, 2.45) is 0 Å². The number of aryl methyl sites for hydroxylation is 1. The molecule has 7 nitrogen and oxygen atoms in total. The summed E-state index contributed by atoms with van der Waals surface area (Å²) in [6.45, 7) is 10.1. The molecule has 0 fully saturated rings. The van der Waals surface area contributed by atoms with Crippen molar-refractivity contribution in [1.29, 1.82) is 0 Å². The predicted molar refractivity (Wildman–Crippen MR) is 135 cm³/mol. The van der Waals surface area contributed by atoms with E-state index in [4.69, 9.17) is 9.72 Å². The Bertz CT molecular complexity index is 1270. The van der Waals surface area contributed by atoms with E-state index in [0.29, 0.717) is 18.8 Å². The summed E-state index contributed by atoms with van der Waals surface area (Å²) in [7, 11) is -2.75. The van der Waals surface area contributed by atoms with E-state index in [9.17, 15) is 10.0 Å². The van der Waals surface area contributed by atoms with Crippen LogP contribution in [0.1, 0.15) is 5.69 Å². The normalized spacial score (nSPS) is 11.8. The molecule has 0 radical (unpaired) electrons. The Balaban J connectivity index is 1.76. The third-order valence-electron chi connectivity index (χ3n) is 5.47. The van der Waals surface area contributed by atoms with Crippen LogP contribution < -0.4 is 5.46 Å². The zero-order chi connectivity index (χ0) is 23.6. The molecule has 0 aliphatic heterocycles. The average Bonchev–Trinajstić information content (AvgIpc) is 3.19. The summed E-state index contributed by atoms with van der Waals surface area (Å²) < 4.78 is 8.03. The maximum absolute atomic E-state index is 9.56. The topological polar surface area (TPSA) is 93.3 Å². The number of ether oxygens (including phenoxy) is 1. The van der Waals surface area contributed by atoms with Gasteiger partial charge in [0.1, 0.15) is 12.4 Å². The minimum atomic E-state index is -1.57. The number of benzene rings is 1. The second kappa shape index (κ2) is 9.56. The SMILES string of the molecule is Cc1cccc(-c2ncn(COCC[Si](C)(C)C)c2-c2ccc3ncc(B(O)O)cc3c2)n1. The van der Waals surface area contributed by atoms with E-state index < -0.39 is 15.2 Å². The lowest BCUT2D eigenvalue weighted by atomic mass is 9.81. The molecule has 9 heteroatoms. The Labute approximate surface area is 195 Å². The Morgan fingerprint density at radius 2 is 1.88 bits per heavy atom. The lowest BCUT2D eigenvalue weighted by Crippen LogP contribution is -2.29. The van der Waals surface area contributed by atoms with Crippen LogP contribution in [0, 0.1) is 6.92 Å². The molecule has 0 bridgehead atoms. The second-order valence-corrected chi connectivity index (χ2v) is 15.1. The van der Waals surface area contributed by atoms with E-state index >= 15 is 0 Å². The molecule has 0 amide bonds. The first-order valence-corrected chi connectivity index (χ1v) is 14.8. The molecule has 0 unspecified atom stereocenters. The van der Waals surface area contributed by atoms with Crippen LogP contribution in [-0.4, -0.2) is 51.4 Å². The van der Waals surface area contributed by atoms with Crippen molar-refractivity contribution in [3.8, 4) is 22.6 Å². The van der Waals surface area contributed by atoms with Gasteiger partial charge in [-0.25, -0.2) is 4.98 Å². The maximum Gasteiger partial charge on any atom is 0.490 e. The largest absolute Gasteiger partial charge is 0.490 e. The molecule has 170 valence electrons. The second-order valence-electron chi connectivity index (χ2n) is 9.47. The van der Waals surface area contributed by atoms with Gasteiger partial charge in [-0.15, -0.1) is 0 Å². The van der Waals surface area contributed by atoms with Gasteiger partial charge in [0, 0.05) is 43.0 Å². The average molecular weight is 460 g/mol. The fourth-order valence-electron chi connectivity index (χ4n) is 3.62. The van der Waals surface area contributed by atoms with Crippen LogP contribution in [0.4, 0.5) is 0 Å². The van der Waals surface area contributed by atoms with Gasteiger partial charge >= 0.3 is 7.12 Å². The van der Waals surface area contributed by atoms with E-state index in [1.165, 1.54) is 6.20 Å². The third kappa shape index (κ3) is 5.56. The molecule has 1 aromatic carbocycles. The molecule has 0 saturated heterocycles. The summed E-state index contributed by atoms with van der Waals surface area (Å²) >= 11 is 0. The standard InChI is InChI=1S/C24H29BN4O3Si/c1-17-6-5-7-22(28-17)23-24(29(15-27-23)16-32-10-11-33(2,3)4)18-8-9-21-19(12-18)13-20(14-26-21)25(30)31/h5-9,12-15,30-31H,10-11,16H2,1-4H3. The quantitative estimate of drug-likeness (QED) is 0.309. The number of aromatic nitrogens is 4. The van der Waals surface area contributed by atoms with Gasteiger partial charge in [0.15, 0.2) is 0 Å². The first-order valence-electron chi connectivity index (χ1n) is 11.0. The van der Waals surface area contributed by atoms with Crippen LogP contribution in [0.5, 0.6) is 0 Å². The number of rotatable bonds is 8. The van der Waals surface area contributed by atoms with Gasteiger partial charge in [-0.3, -0.25) is 9.97 Å². The van der Waals surface area contributed by atoms with Crippen molar-refractivity contribution >= 4 is 31.6 Å². The fraction of sp³-hybridized carbons (Fsp3) is 0.292. The van der Waals surface area contributed by atoms with Crippen molar-refractivity contribution in [1.82, 2.24) is 19.5 Å². The number of imidazole rings is 1. The molecule has 4 aromatic rings. The van der Waals surface area contributed by atoms with Crippen molar-refractivity contribution < 1.29 is 14.8 Å². The third-order valence-corrected chi connectivity index (χ3v) is 7.17. The summed E-state index contributed by atoms with van der Waals surface area (Å²) in [4.78, 5) is 13.7.